The number of nitrogens with two attached hydrogens (primary N) is 1. The second-order valence-corrected chi connectivity index (χ2v) is 5.74. The van der Waals surface area contributed by atoms with Crippen LogP contribution in [0.2, 0.25) is 0 Å². The standard InChI is InChI=1S/C15H31N3O.ClH/c1-2-3-4-5-6-7-8-9-10-14(19)13-18-12-11-17-15(18)16;/h14,19H,2-13H2,1H3,(H2,16,17);1H. The van der Waals surface area contributed by atoms with E-state index >= 15 is 0 Å². The number of aliphatic hydroxyl groups is 1. The monoisotopic (exact) mass is 305 g/mol. The molecule has 0 bridgehead atoms. The molecule has 1 fully saturated rings. The van der Waals surface area contributed by atoms with Gasteiger partial charge in [0.25, 0.3) is 5.96 Å². The van der Waals surface area contributed by atoms with Gasteiger partial charge < -0.3 is 22.4 Å². The largest absolute Gasteiger partial charge is 1.00 e. The quantitative estimate of drug-likeness (QED) is 0.415. The lowest BCUT2D eigenvalue weighted by Gasteiger charge is -2.17. The topological polar surface area (TPSA) is 63.9 Å². The number of nitrogens with zero attached hydrogens (tertiary/aromatic N) is 1. The van der Waals surface area contributed by atoms with Crippen LogP contribution >= 0.6 is 0 Å². The fourth-order valence-electron chi connectivity index (χ4n) is 2.66. The van der Waals surface area contributed by atoms with E-state index in [9.17, 15) is 5.11 Å². The van der Waals surface area contributed by atoms with Gasteiger partial charge in [-0.15, -0.1) is 0 Å². The number of halogens is 1. The Morgan fingerprint density at radius 1 is 1.15 bits per heavy atom. The lowest BCUT2D eigenvalue weighted by Crippen LogP contribution is -3.00. The molecule has 0 saturated carbocycles. The summed E-state index contributed by atoms with van der Waals surface area (Å²) >= 11 is 0. The number of guanidine groups is 1. The van der Waals surface area contributed by atoms with E-state index in [1.165, 1.54) is 44.9 Å². The zero-order chi connectivity index (χ0) is 13.9. The van der Waals surface area contributed by atoms with Crippen LogP contribution in [0.5, 0.6) is 0 Å². The molecule has 1 rings (SSSR count). The molecule has 0 aromatic rings. The Morgan fingerprint density at radius 2 is 1.75 bits per heavy atom. The number of hydrogen-bond donors (Lipinski definition) is 3. The average molecular weight is 306 g/mol. The van der Waals surface area contributed by atoms with E-state index in [1.807, 2.05) is 10.2 Å². The highest BCUT2D eigenvalue weighted by Crippen LogP contribution is 2.11. The first-order valence-corrected chi connectivity index (χ1v) is 8.08. The van der Waals surface area contributed by atoms with Gasteiger partial charge in [-0.1, -0.05) is 58.3 Å². The van der Waals surface area contributed by atoms with Crippen molar-refractivity contribution in [1.29, 1.82) is 5.41 Å². The van der Waals surface area contributed by atoms with Gasteiger partial charge in [-0.2, -0.15) is 0 Å². The molecule has 1 saturated heterocycles. The predicted octanol–water partition coefficient (Wildman–Crippen LogP) is -1.30. The molecular weight excluding hydrogens is 274 g/mol. The summed E-state index contributed by atoms with van der Waals surface area (Å²) in [4.78, 5) is 1.98. The third kappa shape index (κ3) is 8.77. The Balaban J connectivity index is 0.00000361. The highest BCUT2D eigenvalue weighted by molar-refractivity contribution is 5.67. The maximum atomic E-state index is 9.95. The molecule has 1 aliphatic heterocycles. The summed E-state index contributed by atoms with van der Waals surface area (Å²) in [6, 6.07) is 0. The first-order valence-electron chi connectivity index (χ1n) is 8.08. The maximum Gasteiger partial charge on any atom is 0.294 e. The molecule has 0 aromatic heterocycles. The van der Waals surface area contributed by atoms with E-state index in [0.29, 0.717) is 12.5 Å². The highest BCUT2D eigenvalue weighted by atomic mass is 35.5. The van der Waals surface area contributed by atoms with E-state index < -0.39 is 0 Å². The van der Waals surface area contributed by atoms with Crippen LogP contribution in [0.15, 0.2) is 0 Å². The van der Waals surface area contributed by atoms with E-state index in [0.717, 1.165) is 25.9 Å². The molecule has 120 valence electrons. The molecule has 4 nitrogen and oxygen atoms in total. The van der Waals surface area contributed by atoms with Crippen molar-refractivity contribution in [3.05, 3.63) is 0 Å². The van der Waals surface area contributed by atoms with E-state index in [1.54, 1.807) is 0 Å². The van der Waals surface area contributed by atoms with Gasteiger partial charge >= 0.3 is 0 Å². The Morgan fingerprint density at radius 3 is 2.30 bits per heavy atom. The van der Waals surface area contributed by atoms with Crippen LogP contribution in [-0.2, 0) is 0 Å². The third-order valence-corrected chi connectivity index (χ3v) is 3.90. The molecule has 20 heavy (non-hydrogen) atoms. The lowest BCUT2D eigenvalue weighted by atomic mass is 10.1. The second-order valence-electron chi connectivity index (χ2n) is 5.74. The van der Waals surface area contributed by atoms with Gasteiger partial charge in [0, 0.05) is 0 Å². The smallest absolute Gasteiger partial charge is 0.294 e. The van der Waals surface area contributed by atoms with Crippen LogP contribution in [-0.4, -0.2) is 41.7 Å². The van der Waals surface area contributed by atoms with Crippen molar-refractivity contribution >= 4 is 5.96 Å². The summed E-state index contributed by atoms with van der Waals surface area (Å²) in [7, 11) is 0. The molecule has 0 aliphatic carbocycles. The molecule has 1 atom stereocenters. The maximum absolute atomic E-state index is 9.95. The van der Waals surface area contributed by atoms with Gasteiger partial charge in [-0.25, -0.2) is 5.41 Å². The summed E-state index contributed by atoms with van der Waals surface area (Å²) < 4.78 is 0. The zero-order valence-corrected chi connectivity index (χ0v) is 13.7. The van der Waals surface area contributed by atoms with Gasteiger partial charge in [-0.3, -0.25) is 5.32 Å². The second kappa shape index (κ2) is 12.4. The Bertz CT molecular complexity index is 251. The lowest BCUT2D eigenvalue weighted by molar-refractivity contribution is -0.529. The molecule has 1 unspecified atom stereocenters. The first-order chi connectivity index (χ1) is 9.24. The molecule has 1 heterocycles. The molecule has 4 N–H and O–H groups in total. The Kier molecular flexibility index (Phi) is 12.2. The van der Waals surface area contributed by atoms with Crippen molar-refractivity contribution in [2.75, 3.05) is 19.6 Å². The van der Waals surface area contributed by atoms with Crippen molar-refractivity contribution in [1.82, 2.24) is 4.90 Å². The van der Waals surface area contributed by atoms with Crippen molar-refractivity contribution < 1.29 is 22.8 Å². The van der Waals surface area contributed by atoms with Crippen LogP contribution in [0.25, 0.3) is 0 Å². The van der Waals surface area contributed by atoms with Crippen molar-refractivity contribution in [3.8, 4) is 0 Å². The predicted molar refractivity (Wildman–Crippen MR) is 79.3 cm³/mol. The highest BCUT2D eigenvalue weighted by Gasteiger charge is 2.22. The van der Waals surface area contributed by atoms with Crippen LogP contribution in [0.3, 0.4) is 0 Å². The van der Waals surface area contributed by atoms with Crippen LogP contribution in [0.1, 0.15) is 64.7 Å². The summed E-state index contributed by atoms with van der Waals surface area (Å²) in [6.45, 7) is 4.77. The van der Waals surface area contributed by atoms with E-state index in [2.05, 4.69) is 6.92 Å². The van der Waals surface area contributed by atoms with Crippen LogP contribution < -0.4 is 17.7 Å². The number of quaternary nitrogens is 1. The summed E-state index contributed by atoms with van der Waals surface area (Å²) in [5.74, 6) is 0.593. The fraction of sp³-hybridized carbons (Fsp3) is 0.933. The molecule has 0 amide bonds. The zero-order valence-electron chi connectivity index (χ0n) is 12.9. The van der Waals surface area contributed by atoms with Crippen LogP contribution in [0.4, 0.5) is 0 Å². The molecule has 0 aromatic carbocycles. The van der Waals surface area contributed by atoms with Crippen molar-refractivity contribution in [2.24, 2.45) is 0 Å². The van der Waals surface area contributed by atoms with E-state index in [4.69, 9.17) is 5.41 Å². The van der Waals surface area contributed by atoms with Gasteiger partial charge in [0.15, 0.2) is 0 Å². The SMILES string of the molecule is CCCCCCCCCCC(O)CN1CC[NH2+]C1=N.[Cl-]. The summed E-state index contributed by atoms with van der Waals surface area (Å²) in [5, 5.41) is 19.6. The van der Waals surface area contributed by atoms with Gasteiger partial charge in [0.2, 0.25) is 0 Å². The Hall–Kier alpha value is -0.320. The molecule has 5 heteroatoms. The summed E-state index contributed by atoms with van der Waals surface area (Å²) in [6.07, 6.45) is 11.1. The number of hydrogen-bond acceptors (Lipinski definition) is 2. The van der Waals surface area contributed by atoms with Crippen molar-refractivity contribution in [3.63, 3.8) is 0 Å². The summed E-state index contributed by atoms with van der Waals surface area (Å²) in [5.41, 5.74) is 0. The average Bonchev–Trinajstić information content (AvgIpc) is 2.78. The fourth-order valence-corrected chi connectivity index (χ4v) is 2.66. The molecular formula is C15H32ClN3O. The molecule has 0 spiro atoms. The first kappa shape index (κ1) is 19.7. The van der Waals surface area contributed by atoms with Gasteiger partial charge in [0.05, 0.1) is 19.2 Å². The third-order valence-electron chi connectivity index (χ3n) is 3.90. The molecule has 0 radical (unpaired) electrons. The number of nitrogens with one attached hydrogen (secondary N) is 1. The van der Waals surface area contributed by atoms with E-state index in [-0.39, 0.29) is 18.5 Å². The minimum Gasteiger partial charge on any atom is -1.00 e. The number of β-amino-alcohol motifs (C(OH)–C–C–N with tert-alkyl or cyclic N) is 1. The minimum atomic E-state index is -0.257. The van der Waals surface area contributed by atoms with Crippen LogP contribution in [0, 0.1) is 5.41 Å². The number of rotatable bonds is 11. The number of aliphatic hydroxyl groups excluding tert-OH is 1. The molecule has 1 aliphatic rings. The normalized spacial score (nSPS) is 16.3. The van der Waals surface area contributed by atoms with Gasteiger partial charge in [0.1, 0.15) is 6.54 Å². The number of unbranched alkanes of at least 4 members (excludes halogenated alkanes) is 7. The Labute approximate surface area is 130 Å². The van der Waals surface area contributed by atoms with Gasteiger partial charge in [-0.05, 0) is 6.42 Å². The minimum absolute atomic E-state index is 0. The van der Waals surface area contributed by atoms with Crippen molar-refractivity contribution in [2.45, 2.75) is 70.8 Å².